The molecule has 0 aliphatic heterocycles. The first-order chi connectivity index (χ1) is 12.7. The molecule has 2 aromatic carbocycles. The predicted octanol–water partition coefficient (Wildman–Crippen LogP) is 3.07. The van der Waals surface area contributed by atoms with Gasteiger partial charge in [0.25, 0.3) is 11.5 Å². The monoisotopic (exact) mass is 341 g/mol. The molecule has 0 radical (unpaired) electrons. The summed E-state index contributed by atoms with van der Waals surface area (Å²) in [5, 5.41) is 5.65. The van der Waals surface area contributed by atoms with Gasteiger partial charge in [-0.1, -0.05) is 48.5 Å². The quantitative estimate of drug-likeness (QED) is 0.574. The SMILES string of the molecule is O=C(c1ccncc1)n1nc(Cc2ccccc2)c2ccccc2c1=O. The van der Waals surface area contributed by atoms with E-state index in [2.05, 4.69) is 10.1 Å². The van der Waals surface area contributed by atoms with Crippen LogP contribution in [0.15, 0.2) is 83.9 Å². The number of benzene rings is 2. The number of hydrogen-bond donors (Lipinski definition) is 0. The minimum atomic E-state index is -0.461. The number of hydrogen-bond acceptors (Lipinski definition) is 4. The maximum absolute atomic E-state index is 12.8. The zero-order valence-electron chi connectivity index (χ0n) is 13.9. The van der Waals surface area contributed by atoms with Gasteiger partial charge < -0.3 is 0 Å². The van der Waals surface area contributed by atoms with Crippen molar-refractivity contribution in [2.75, 3.05) is 0 Å². The maximum Gasteiger partial charge on any atom is 0.282 e. The van der Waals surface area contributed by atoms with Crippen molar-refractivity contribution in [2.45, 2.75) is 6.42 Å². The average molecular weight is 341 g/mol. The molecule has 5 heteroatoms. The van der Waals surface area contributed by atoms with Crippen LogP contribution in [0.1, 0.15) is 21.6 Å². The van der Waals surface area contributed by atoms with Gasteiger partial charge in [-0.05, 0) is 23.8 Å². The van der Waals surface area contributed by atoms with Crippen molar-refractivity contribution in [3.8, 4) is 0 Å². The van der Waals surface area contributed by atoms with E-state index in [1.165, 1.54) is 12.4 Å². The van der Waals surface area contributed by atoms with Crippen LogP contribution in [0.2, 0.25) is 0 Å². The van der Waals surface area contributed by atoms with E-state index in [0.717, 1.165) is 15.6 Å². The van der Waals surface area contributed by atoms with Crippen molar-refractivity contribution < 1.29 is 4.79 Å². The zero-order valence-corrected chi connectivity index (χ0v) is 13.9. The zero-order chi connectivity index (χ0) is 17.9. The fraction of sp³-hybridized carbons (Fsp3) is 0.0476. The third kappa shape index (κ3) is 2.91. The highest BCUT2D eigenvalue weighted by Crippen LogP contribution is 2.17. The molecule has 0 spiro atoms. The van der Waals surface area contributed by atoms with Gasteiger partial charge >= 0.3 is 0 Å². The summed E-state index contributed by atoms with van der Waals surface area (Å²) in [6.45, 7) is 0. The molecule has 0 N–H and O–H groups in total. The summed E-state index contributed by atoms with van der Waals surface area (Å²) in [5.74, 6) is -0.461. The van der Waals surface area contributed by atoms with E-state index >= 15 is 0 Å². The Kier molecular flexibility index (Phi) is 4.11. The molecule has 0 aliphatic rings. The Hall–Kier alpha value is -3.60. The number of fused-ring (bicyclic) bond motifs is 1. The van der Waals surface area contributed by atoms with Gasteiger partial charge in [-0.25, -0.2) is 0 Å². The molecule has 26 heavy (non-hydrogen) atoms. The molecular weight excluding hydrogens is 326 g/mol. The van der Waals surface area contributed by atoms with Crippen molar-refractivity contribution in [2.24, 2.45) is 0 Å². The number of rotatable bonds is 3. The van der Waals surface area contributed by atoms with Gasteiger partial charge in [-0.3, -0.25) is 14.6 Å². The molecule has 0 atom stereocenters. The highest BCUT2D eigenvalue weighted by atomic mass is 16.2. The van der Waals surface area contributed by atoms with E-state index in [0.29, 0.717) is 23.1 Å². The standard InChI is InChI=1S/C21H15N3O2/c25-20(16-10-12-22-13-11-16)24-21(26)18-9-5-4-8-17(18)19(23-24)14-15-6-2-1-3-7-15/h1-13H,14H2. The van der Waals surface area contributed by atoms with Crippen LogP contribution in [0.25, 0.3) is 10.8 Å². The highest BCUT2D eigenvalue weighted by Gasteiger charge is 2.17. The van der Waals surface area contributed by atoms with E-state index in [1.807, 2.05) is 42.5 Å². The van der Waals surface area contributed by atoms with Crippen LogP contribution in [0.5, 0.6) is 0 Å². The third-order valence-electron chi connectivity index (χ3n) is 4.22. The van der Waals surface area contributed by atoms with Gasteiger partial charge in [0.05, 0.1) is 11.1 Å². The second kappa shape index (κ2) is 6.72. The van der Waals surface area contributed by atoms with Gasteiger partial charge in [-0.15, -0.1) is 0 Å². The molecule has 2 heterocycles. The lowest BCUT2D eigenvalue weighted by Gasteiger charge is -2.10. The van der Waals surface area contributed by atoms with E-state index in [4.69, 9.17) is 0 Å². The summed E-state index contributed by atoms with van der Waals surface area (Å²) >= 11 is 0. The molecule has 2 aromatic heterocycles. The van der Waals surface area contributed by atoms with Crippen molar-refractivity contribution in [1.29, 1.82) is 0 Å². The van der Waals surface area contributed by atoms with Crippen LogP contribution in [0, 0.1) is 0 Å². The Bertz CT molecular complexity index is 1140. The average Bonchev–Trinajstić information content (AvgIpc) is 2.71. The summed E-state index contributed by atoms with van der Waals surface area (Å²) in [6.07, 6.45) is 3.57. The van der Waals surface area contributed by atoms with Gasteiger partial charge in [-0.2, -0.15) is 9.78 Å². The summed E-state index contributed by atoms with van der Waals surface area (Å²) in [5.41, 5.74) is 1.70. The fourth-order valence-corrected chi connectivity index (χ4v) is 2.93. The van der Waals surface area contributed by atoms with Crippen molar-refractivity contribution in [3.05, 3.63) is 106 Å². The van der Waals surface area contributed by atoms with Crippen LogP contribution >= 0.6 is 0 Å². The van der Waals surface area contributed by atoms with E-state index in [9.17, 15) is 9.59 Å². The molecule has 0 amide bonds. The minimum absolute atomic E-state index is 0.371. The van der Waals surface area contributed by atoms with Crippen LogP contribution in [0.4, 0.5) is 0 Å². The smallest absolute Gasteiger partial charge is 0.267 e. The topological polar surface area (TPSA) is 64.8 Å². The van der Waals surface area contributed by atoms with Crippen LogP contribution in [0.3, 0.4) is 0 Å². The lowest BCUT2D eigenvalue weighted by molar-refractivity contribution is 0.0939. The lowest BCUT2D eigenvalue weighted by Crippen LogP contribution is -2.31. The molecule has 0 fully saturated rings. The number of carbonyl (C=O) groups is 1. The van der Waals surface area contributed by atoms with E-state index < -0.39 is 11.5 Å². The van der Waals surface area contributed by atoms with E-state index in [1.54, 1.807) is 24.3 Å². The Labute approximate surface area is 149 Å². The molecular formula is C21H15N3O2. The molecule has 0 bridgehead atoms. The number of pyridine rings is 1. The summed E-state index contributed by atoms with van der Waals surface area (Å²) < 4.78 is 0.954. The lowest BCUT2D eigenvalue weighted by atomic mass is 10.0. The van der Waals surface area contributed by atoms with Crippen molar-refractivity contribution in [1.82, 2.24) is 14.8 Å². The maximum atomic E-state index is 12.8. The molecule has 0 saturated carbocycles. The third-order valence-corrected chi connectivity index (χ3v) is 4.22. The molecule has 0 unspecified atom stereocenters. The molecule has 126 valence electrons. The first kappa shape index (κ1) is 15.9. The van der Waals surface area contributed by atoms with Gasteiger partial charge in [0.15, 0.2) is 0 Å². The van der Waals surface area contributed by atoms with Crippen LogP contribution < -0.4 is 5.56 Å². The number of nitrogens with zero attached hydrogens (tertiary/aromatic N) is 3. The Morgan fingerprint density at radius 3 is 2.23 bits per heavy atom. The van der Waals surface area contributed by atoms with Crippen LogP contribution in [-0.4, -0.2) is 20.7 Å². The fourth-order valence-electron chi connectivity index (χ4n) is 2.93. The Morgan fingerprint density at radius 2 is 1.50 bits per heavy atom. The second-order valence-corrected chi connectivity index (χ2v) is 5.91. The first-order valence-corrected chi connectivity index (χ1v) is 8.23. The molecule has 5 nitrogen and oxygen atoms in total. The summed E-state index contributed by atoms with van der Waals surface area (Å²) in [4.78, 5) is 29.5. The molecule has 4 rings (SSSR count). The largest absolute Gasteiger partial charge is 0.282 e. The predicted molar refractivity (Wildman–Crippen MR) is 99.2 cm³/mol. The van der Waals surface area contributed by atoms with Crippen molar-refractivity contribution in [3.63, 3.8) is 0 Å². The summed E-state index contributed by atoms with van der Waals surface area (Å²) in [7, 11) is 0. The second-order valence-electron chi connectivity index (χ2n) is 5.91. The Balaban J connectivity index is 1.90. The summed E-state index contributed by atoms with van der Waals surface area (Å²) in [6, 6.07) is 20.2. The van der Waals surface area contributed by atoms with Crippen molar-refractivity contribution >= 4 is 16.7 Å². The highest BCUT2D eigenvalue weighted by molar-refractivity contribution is 5.96. The molecule has 4 aromatic rings. The van der Waals surface area contributed by atoms with Crippen LogP contribution in [-0.2, 0) is 6.42 Å². The minimum Gasteiger partial charge on any atom is -0.267 e. The number of aromatic nitrogens is 3. The number of carbonyl (C=O) groups excluding carboxylic acids is 1. The Morgan fingerprint density at radius 1 is 0.846 bits per heavy atom. The molecule has 0 saturated heterocycles. The molecule has 0 aliphatic carbocycles. The van der Waals surface area contributed by atoms with E-state index in [-0.39, 0.29) is 0 Å². The van der Waals surface area contributed by atoms with Gasteiger partial charge in [0, 0.05) is 29.8 Å². The van der Waals surface area contributed by atoms with Gasteiger partial charge in [0.2, 0.25) is 0 Å². The van der Waals surface area contributed by atoms with Gasteiger partial charge in [0.1, 0.15) is 0 Å². The first-order valence-electron chi connectivity index (χ1n) is 8.23. The normalized spacial score (nSPS) is 10.8.